The minimum Gasteiger partial charge on any atom is -0.359 e. The van der Waals surface area contributed by atoms with Crippen molar-refractivity contribution >= 4 is 51.8 Å². The van der Waals surface area contributed by atoms with E-state index in [9.17, 15) is 4.79 Å². The lowest BCUT2D eigenvalue weighted by Gasteiger charge is -2.24. The third kappa shape index (κ3) is 6.64. The molecule has 0 bridgehead atoms. The van der Waals surface area contributed by atoms with Crippen LogP contribution in [0.3, 0.4) is 0 Å². The summed E-state index contributed by atoms with van der Waals surface area (Å²) in [4.78, 5) is 22.7. The van der Waals surface area contributed by atoms with Gasteiger partial charge in [0, 0.05) is 31.6 Å². The van der Waals surface area contributed by atoms with Crippen LogP contribution in [0.15, 0.2) is 51.9 Å². The first kappa shape index (κ1) is 24.4. The van der Waals surface area contributed by atoms with Crippen LogP contribution in [0.25, 0.3) is 11.8 Å². The molecule has 0 atom stereocenters. The average molecular weight is 469 g/mol. The first-order valence-electron chi connectivity index (χ1n) is 11.1. The SMILES string of the molecule is CC=C(C)/C=C(\N=C(CC)N1CCCN(C)CC1)c1cccc(/C=C2\SC(=S)NC2=O)c1. The zero-order valence-electron chi connectivity index (χ0n) is 19.4. The minimum absolute atomic E-state index is 0.136. The number of benzene rings is 1. The van der Waals surface area contributed by atoms with Crippen LogP contribution in [-0.2, 0) is 4.79 Å². The van der Waals surface area contributed by atoms with Crippen molar-refractivity contribution in [2.45, 2.75) is 33.6 Å². The van der Waals surface area contributed by atoms with E-state index >= 15 is 0 Å². The smallest absolute Gasteiger partial charge is 0.263 e. The van der Waals surface area contributed by atoms with Gasteiger partial charge < -0.3 is 15.1 Å². The molecule has 1 aromatic carbocycles. The van der Waals surface area contributed by atoms with Gasteiger partial charge >= 0.3 is 0 Å². The predicted octanol–water partition coefficient (Wildman–Crippen LogP) is 4.93. The quantitative estimate of drug-likeness (QED) is 0.218. The number of hydrogen-bond acceptors (Lipinski definition) is 5. The standard InChI is InChI=1S/C25H32N4OS2/c1-5-18(3)15-21(26-23(6-2)29-12-8-11-28(4)13-14-29)20-10-7-9-19(16-20)17-22-24(30)27-25(31)32-22/h5,7,9-10,15-17H,6,8,11-14H2,1-4H3,(H,27,30,31)/b18-5?,21-15-,22-17-,26-23?. The number of thioether (sulfide) groups is 1. The molecule has 2 fully saturated rings. The van der Waals surface area contributed by atoms with Crippen molar-refractivity contribution in [2.24, 2.45) is 4.99 Å². The van der Waals surface area contributed by atoms with Gasteiger partial charge in [0.15, 0.2) is 0 Å². The molecule has 170 valence electrons. The van der Waals surface area contributed by atoms with Gasteiger partial charge in [0.1, 0.15) is 10.2 Å². The van der Waals surface area contributed by atoms with Crippen LogP contribution in [0, 0.1) is 0 Å². The van der Waals surface area contributed by atoms with Crippen molar-refractivity contribution in [3.05, 3.63) is 58.0 Å². The molecular formula is C25H32N4OS2. The highest BCUT2D eigenvalue weighted by molar-refractivity contribution is 8.26. The van der Waals surface area contributed by atoms with Crippen molar-refractivity contribution in [2.75, 3.05) is 33.2 Å². The first-order valence-corrected chi connectivity index (χ1v) is 12.3. The lowest BCUT2D eigenvalue weighted by molar-refractivity contribution is -0.115. The third-order valence-electron chi connectivity index (χ3n) is 5.59. The number of amidine groups is 1. The summed E-state index contributed by atoms with van der Waals surface area (Å²) < 4.78 is 0.502. The number of thiocarbonyl (C=S) groups is 1. The Kier molecular flexibility index (Phi) is 8.84. The molecule has 3 rings (SSSR count). The zero-order valence-corrected chi connectivity index (χ0v) is 21.0. The van der Waals surface area contributed by atoms with Gasteiger partial charge in [-0.15, -0.1) is 0 Å². The molecule has 2 heterocycles. The van der Waals surface area contributed by atoms with E-state index < -0.39 is 0 Å². The maximum atomic E-state index is 12.1. The monoisotopic (exact) mass is 468 g/mol. The highest BCUT2D eigenvalue weighted by atomic mass is 32.2. The predicted molar refractivity (Wildman–Crippen MR) is 142 cm³/mol. The first-order chi connectivity index (χ1) is 15.4. The summed E-state index contributed by atoms with van der Waals surface area (Å²) in [5.41, 5.74) is 4.09. The van der Waals surface area contributed by atoms with Crippen LogP contribution in [0.2, 0.25) is 0 Å². The number of rotatable bonds is 5. The molecule has 1 aromatic rings. The molecule has 0 radical (unpaired) electrons. The summed E-state index contributed by atoms with van der Waals surface area (Å²) in [6.07, 6.45) is 8.14. The number of nitrogens with one attached hydrogen (secondary N) is 1. The molecule has 0 unspecified atom stereocenters. The molecule has 2 saturated heterocycles. The zero-order chi connectivity index (χ0) is 23.1. The van der Waals surface area contributed by atoms with Gasteiger partial charge in [-0.05, 0) is 57.6 Å². The van der Waals surface area contributed by atoms with E-state index in [-0.39, 0.29) is 5.91 Å². The fourth-order valence-electron chi connectivity index (χ4n) is 3.66. The molecule has 32 heavy (non-hydrogen) atoms. The second-order valence-electron chi connectivity index (χ2n) is 8.07. The maximum Gasteiger partial charge on any atom is 0.263 e. The molecule has 2 aliphatic rings. The number of nitrogens with zero attached hydrogens (tertiary/aromatic N) is 3. The molecular weight excluding hydrogens is 436 g/mol. The summed E-state index contributed by atoms with van der Waals surface area (Å²) in [5.74, 6) is 0.985. The Balaban J connectivity index is 1.96. The van der Waals surface area contributed by atoms with E-state index in [0.29, 0.717) is 9.23 Å². The van der Waals surface area contributed by atoms with Crippen molar-refractivity contribution in [3.8, 4) is 0 Å². The number of carbonyl (C=O) groups excluding carboxylic acids is 1. The molecule has 1 amide bonds. The Morgan fingerprint density at radius 3 is 2.78 bits per heavy atom. The molecule has 0 spiro atoms. The van der Waals surface area contributed by atoms with E-state index in [4.69, 9.17) is 17.2 Å². The van der Waals surface area contributed by atoms with Crippen LogP contribution < -0.4 is 5.32 Å². The number of carbonyl (C=O) groups is 1. The van der Waals surface area contributed by atoms with Crippen LogP contribution in [-0.4, -0.2) is 59.1 Å². The van der Waals surface area contributed by atoms with Gasteiger partial charge in [0.2, 0.25) is 0 Å². The highest BCUT2D eigenvalue weighted by Gasteiger charge is 2.22. The van der Waals surface area contributed by atoms with Gasteiger partial charge in [-0.25, -0.2) is 4.99 Å². The van der Waals surface area contributed by atoms with Crippen molar-refractivity contribution in [1.29, 1.82) is 0 Å². The van der Waals surface area contributed by atoms with Crippen LogP contribution >= 0.6 is 24.0 Å². The van der Waals surface area contributed by atoms with E-state index in [1.54, 1.807) is 0 Å². The summed E-state index contributed by atoms with van der Waals surface area (Å²) in [6.45, 7) is 10.5. The average Bonchev–Trinajstić information content (AvgIpc) is 2.95. The maximum absolute atomic E-state index is 12.1. The summed E-state index contributed by atoms with van der Waals surface area (Å²) in [6, 6.07) is 8.18. The topological polar surface area (TPSA) is 47.9 Å². The van der Waals surface area contributed by atoms with Gasteiger partial charge in [0.25, 0.3) is 5.91 Å². The summed E-state index contributed by atoms with van der Waals surface area (Å²) >= 11 is 6.41. The van der Waals surface area contributed by atoms with Crippen LogP contribution in [0.4, 0.5) is 0 Å². The summed E-state index contributed by atoms with van der Waals surface area (Å²) in [5, 5.41) is 2.67. The van der Waals surface area contributed by atoms with E-state index in [1.165, 1.54) is 11.8 Å². The van der Waals surface area contributed by atoms with E-state index in [1.807, 2.05) is 25.1 Å². The largest absolute Gasteiger partial charge is 0.359 e. The molecule has 1 N–H and O–H groups in total. The number of allylic oxidation sites excluding steroid dienone is 3. The van der Waals surface area contributed by atoms with Gasteiger partial charge in [-0.3, -0.25) is 4.79 Å². The van der Waals surface area contributed by atoms with Crippen LogP contribution in [0.1, 0.15) is 44.7 Å². The fourth-order valence-corrected chi connectivity index (χ4v) is 4.70. The Morgan fingerprint density at radius 2 is 2.09 bits per heavy atom. The Morgan fingerprint density at radius 1 is 1.28 bits per heavy atom. The molecule has 0 aliphatic carbocycles. The number of likely N-dealkylation sites (N-methyl/N-ethyl adjacent to an activating group) is 1. The molecule has 0 aromatic heterocycles. The lowest BCUT2D eigenvalue weighted by Crippen LogP contribution is -2.34. The van der Waals surface area contributed by atoms with Crippen molar-refractivity contribution in [3.63, 3.8) is 0 Å². The Bertz CT molecular complexity index is 993. The second-order valence-corrected chi connectivity index (χ2v) is 9.78. The van der Waals surface area contributed by atoms with Crippen molar-refractivity contribution < 1.29 is 4.79 Å². The number of aliphatic imine (C=N–C) groups is 1. The molecule has 5 nitrogen and oxygen atoms in total. The molecule has 7 heteroatoms. The van der Waals surface area contributed by atoms with Crippen molar-refractivity contribution in [1.82, 2.24) is 15.1 Å². The number of amides is 1. The molecule has 0 saturated carbocycles. The van der Waals surface area contributed by atoms with Gasteiger partial charge in [-0.2, -0.15) is 0 Å². The van der Waals surface area contributed by atoms with E-state index in [0.717, 1.165) is 67.3 Å². The summed E-state index contributed by atoms with van der Waals surface area (Å²) in [7, 11) is 2.18. The normalized spacial score (nSPS) is 20.7. The van der Waals surface area contributed by atoms with Crippen LogP contribution in [0.5, 0.6) is 0 Å². The Hall–Kier alpha value is -2.22. The lowest BCUT2D eigenvalue weighted by atomic mass is 10.1. The van der Waals surface area contributed by atoms with Gasteiger partial charge in [-0.1, -0.05) is 60.8 Å². The highest BCUT2D eigenvalue weighted by Crippen LogP contribution is 2.27. The Labute approximate surface area is 201 Å². The van der Waals surface area contributed by atoms with E-state index in [2.05, 4.69) is 60.3 Å². The minimum atomic E-state index is -0.136. The number of hydrogen-bond donors (Lipinski definition) is 1. The second kappa shape index (κ2) is 11.6. The third-order valence-corrected chi connectivity index (χ3v) is 6.75. The fraction of sp³-hybridized carbons (Fsp3) is 0.400. The molecule has 2 aliphatic heterocycles. The van der Waals surface area contributed by atoms with Gasteiger partial charge in [0.05, 0.1) is 10.6 Å².